The van der Waals surface area contributed by atoms with Crippen LogP contribution in [0.5, 0.6) is 0 Å². The largest absolute Gasteiger partial charge is 0.480 e. The molecule has 0 saturated carbocycles. The molecule has 1 atom stereocenters. The van der Waals surface area contributed by atoms with E-state index < -0.39 is 12.0 Å². The Bertz CT molecular complexity index is 667. The smallest absolute Gasteiger partial charge is 0.326 e. The van der Waals surface area contributed by atoms with E-state index in [9.17, 15) is 14.7 Å². The van der Waals surface area contributed by atoms with E-state index in [0.29, 0.717) is 0 Å². The summed E-state index contributed by atoms with van der Waals surface area (Å²) in [6, 6.07) is 8.50. The Labute approximate surface area is 116 Å². The highest BCUT2D eigenvalue weighted by molar-refractivity contribution is 5.85. The molecule has 0 aliphatic rings. The summed E-state index contributed by atoms with van der Waals surface area (Å²) in [4.78, 5) is 26.7. The average molecular weight is 272 g/mol. The van der Waals surface area contributed by atoms with E-state index in [1.54, 1.807) is 0 Å². The highest BCUT2D eigenvalue weighted by Crippen LogP contribution is 2.19. The normalized spacial score (nSPS) is 12.1. The lowest BCUT2D eigenvalue weighted by molar-refractivity contribution is -0.141. The third-order valence-corrected chi connectivity index (χ3v) is 3.03. The number of nitrogens with zero attached hydrogens (tertiary/aromatic N) is 1. The minimum atomic E-state index is -1.04. The van der Waals surface area contributed by atoms with Crippen LogP contribution in [0.25, 0.3) is 10.9 Å². The number of carboxylic acid groups (broad SMARTS) is 1. The van der Waals surface area contributed by atoms with Crippen molar-refractivity contribution in [2.24, 2.45) is 0 Å². The summed E-state index contributed by atoms with van der Waals surface area (Å²) in [5.41, 5.74) is 2.52. The molecule has 0 aliphatic carbocycles. The van der Waals surface area contributed by atoms with Crippen LogP contribution in [-0.4, -0.2) is 28.0 Å². The van der Waals surface area contributed by atoms with Crippen LogP contribution in [0.3, 0.4) is 0 Å². The molecule has 5 heteroatoms. The first-order chi connectivity index (χ1) is 9.47. The van der Waals surface area contributed by atoms with Crippen molar-refractivity contribution in [3.05, 3.63) is 41.6 Å². The number of hydrogen-bond acceptors (Lipinski definition) is 3. The molecule has 20 heavy (non-hydrogen) atoms. The van der Waals surface area contributed by atoms with Gasteiger partial charge in [-0.25, -0.2) is 4.79 Å². The van der Waals surface area contributed by atoms with Gasteiger partial charge in [0.15, 0.2) is 0 Å². The Morgan fingerprint density at radius 2 is 2.05 bits per heavy atom. The van der Waals surface area contributed by atoms with E-state index in [1.807, 2.05) is 37.3 Å². The molecule has 2 N–H and O–H groups in total. The fourth-order valence-corrected chi connectivity index (χ4v) is 2.23. The van der Waals surface area contributed by atoms with Gasteiger partial charge in [0, 0.05) is 24.4 Å². The molecule has 1 amide bonds. The Kier molecular flexibility index (Phi) is 3.98. The van der Waals surface area contributed by atoms with Gasteiger partial charge in [-0.2, -0.15) is 0 Å². The highest BCUT2D eigenvalue weighted by atomic mass is 16.4. The minimum absolute atomic E-state index is 0.235. The molecule has 0 fully saturated rings. The van der Waals surface area contributed by atoms with Crippen molar-refractivity contribution in [2.75, 3.05) is 0 Å². The van der Waals surface area contributed by atoms with Crippen LogP contribution in [0.1, 0.15) is 18.2 Å². The van der Waals surface area contributed by atoms with Gasteiger partial charge in [-0.3, -0.25) is 9.78 Å². The van der Waals surface area contributed by atoms with E-state index in [2.05, 4.69) is 10.3 Å². The monoisotopic (exact) mass is 272 g/mol. The maximum absolute atomic E-state index is 11.2. The fourth-order valence-electron chi connectivity index (χ4n) is 2.23. The molecule has 1 aromatic heterocycles. The second-order valence-electron chi connectivity index (χ2n) is 4.74. The molecule has 1 heterocycles. The Balaban J connectivity index is 2.41. The quantitative estimate of drug-likeness (QED) is 0.887. The number of benzene rings is 1. The number of rotatable bonds is 4. The van der Waals surface area contributed by atoms with Crippen LogP contribution in [0.15, 0.2) is 30.3 Å². The summed E-state index contributed by atoms with van der Waals surface area (Å²) in [5.74, 6) is -1.40. The Morgan fingerprint density at radius 1 is 1.35 bits per heavy atom. The predicted octanol–water partition coefficient (Wildman–Crippen LogP) is 1.68. The van der Waals surface area contributed by atoms with Crippen LogP contribution in [0, 0.1) is 6.92 Å². The molecule has 1 aromatic carbocycles. The third kappa shape index (κ3) is 3.12. The zero-order valence-electron chi connectivity index (χ0n) is 11.4. The van der Waals surface area contributed by atoms with Crippen LogP contribution >= 0.6 is 0 Å². The zero-order valence-corrected chi connectivity index (χ0v) is 11.4. The van der Waals surface area contributed by atoms with Crippen molar-refractivity contribution < 1.29 is 14.7 Å². The SMILES string of the molecule is CC(=O)NC(Cc1cc(C)nc2ccccc12)C(=O)O. The number of carbonyl (C=O) groups excluding carboxylic acids is 1. The zero-order chi connectivity index (χ0) is 14.7. The third-order valence-electron chi connectivity index (χ3n) is 3.03. The number of nitrogens with one attached hydrogen (secondary N) is 1. The first-order valence-electron chi connectivity index (χ1n) is 6.32. The standard InChI is InChI=1S/C15H16N2O3/c1-9-7-11(8-14(15(19)20)17-10(2)18)12-5-3-4-6-13(12)16-9/h3-7,14H,8H2,1-2H3,(H,17,18)(H,19,20). The van der Waals surface area contributed by atoms with E-state index in [1.165, 1.54) is 6.92 Å². The van der Waals surface area contributed by atoms with Gasteiger partial charge in [0.2, 0.25) is 5.91 Å². The van der Waals surface area contributed by atoms with E-state index in [4.69, 9.17) is 0 Å². The number of carboxylic acids is 1. The lowest BCUT2D eigenvalue weighted by atomic mass is 10.0. The molecule has 2 aromatic rings. The fraction of sp³-hybridized carbons (Fsp3) is 0.267. The number of para-hydroxylation sites is 1. The van der Waals surface area contributed by atoms with Crippen LogP contribution in [0.2, 0.25) is 0 Å². The second-order valence-corrected chi connectivity index (χ2v) is 4.74. The number of pyridine rings is 1. The average Bonchev–Trinajstić information content (AvgIpc) is 2.37. The molecule has 5 nitrogen and oxygen atoms in total. The lowest BCUT2D eigenvalue weighted by Gasteiger charge is -2.15. The molecular formula is C15H16N2O3. The number of aliphatic carboxylic acids is 1. The molecule has 104 valence electrons. The van der Waals surface area contributed by atoms with E-state index >= 15 is 0 Å². The number of carbonyl (C=O) groups is 2. The molecule has 2 rings (SSSR count). The molecule has 0 radical (unpaired) electrons. The summed E-state index contributed by atoms with van der Waals surface area (Å²) in [5, 5.41) is 12.6. The maximum atomic E-state index is 11.2. The van der Waals surface area contributed by atoms with Crippen molar-refractivity contribution >= 4 is 22.8 Å². The van der Waals surface area contributed by atoms with Gasteiger partial charge in [0.1, 0.15) is 6.04 Å². The van der Waals surface area contributed by atoms with Gasteiger partial charge >= 0.3 is 5.97 Å². The molecule has 0 aliphatic heterocycles. The summed E-state index contributed by atoms with van der Waals surface area (Å²) < 4.78 is 0. The minimum Gasteiger partial charge on any atom is -0.480 e. The number of hydrogen-bond donors (Lipinski definition) is 2. The van der Waals surface area contributed by atoms with Crippen molar-refractivity contribution in [1.82, 2.24) is 10.3 Å². The van der Waals surface area contributed by atoms with Crippen molar-refractivity contribution in [2.45, 2.75) is 26.3 Å². The van der Waals surface area contributed by atoms with Crippen molar-refractivity contribution in [3.8, 4) is 0 Å². The summed E-state index contributed by atoms with van der Waals surface area (Å²) in [6.45, 7) is 3.18. The molecule has 1 unspecified atom stereocenters. The first kappa shape index (κ1) is 14.0. The first-order valence-corrected chi connectivity index (χ1v) is 6.32. The molecule has 0 spiro atoms. The van der Waals surface area contributed by atoms with Crippen LogP contribution < -0.4 is 5.32 Å². The number of aromatic nitrogens is 1. The second kappa shape index (κ2) is 5.69. The van der Waals surface area contributed by atoms with E-state index in [0.717, 1.165) is 22.2 Å². The number of amides is 1. The van der Waals surface area contributed by atoms with E-state index in [-0.39, 0.29) is 12.3 Å². The molecular weight excluding hydrogens is 256 g/mol. The van der Waals surface area contributed by atoms with Gasteiger partial charge < -0.3 is 10.4 Å². The Morgan fingerprint density at radius 3 is 2.70 bits per heavy atom. The number of aryl methyl sites for hydroxylation is 1. The van der Waals surface area contributed by atoms with Gasteiger partial charge in [-0.05, 0) is 24.6 Å². The predicted molar refractivity (Wildman–Crippen MR) is 75.4 cm³/mol. The summed E-state index contributed by atoms with van der Waals surface area (Å²) in [7, 11) is 0. The van der Waals surface area contributed by atoms with Crippen LogP contribution in [-0.2, 0) is 16.0 Å². The molecule has 0 bridgehead atoms. The summed E-state index contributed by atoms with van der Waals surface area (Å²) >= 11 is 0. The van der Waals surface area contributed by atoms with Crippen LogP contribution in [0.4, 0.5) is 0 Å². The van der Waals surface area contributed by atoms with Crippen molar-refractivity contribution in [3.63, 3.8) is 0 Å². The summed E-state index contributed by atoms with van der Waals surface area (Å²) in [6.07, 6.45) is 0.235. The van der Waals surface area contributed by atoms with Gasteiger partial charge in [-0.1, -0.05) is 18.2 Å². The van der Waals surface area contributed by atoms with Gasteiger partial charge in [-0.15, -0.1) is 0 Å². The van der Waals surface area contributed by atoms with Crippen molar-refractivity contribution in [1.29, 1.82) is 0 Å². The highest BCUT2D eigenvalue weighted by Gasteiger charge is 2.20. The maximum Gasteiger partial charge on any atom is 0.326 e. The Hall–Kier alpha value is -2.43. The number of fused-ring (bicyclic) bond motifs is 1. The topological polar surface area (TPSA) is 79.3 Å². The lowest BCUT2D eigenvalue weighted by Crippen LogP contribution is -2.41. The molecule has 0 saturated heterocycles. The van der Waals surface area contributed by atoms with Gasteiger partial charge in [0.25, 0.3) is 0 Å². The van der Waals surface area contributed by atoms with Gasteiger partial charge in [0.05, 0.1) is 5.52 Å².